The number of thiazole rings is 1. The Morgan fingerprint density at radius 3 is 2.93 bits per heavy atom. The summed E-state index contributed by atoms with van der Waals surface area (Å²) in [5, 5.41) is 6.59. The van der Waals surface area contributed by atoms with Gasteiger partial charge in [0.25, 0.3) is 0 Å². The molecule has 0 amide bonds. The fraction of sp³-hybridized carbons (Fsp3) is 0.700. The van der Waals surface area contributed by atoms with Gasteiger partial charge in [0, 0.05) is 18.1 Å². The molecular formula is C10H19N3S. The number of hydrogen-bond acceptors (Lipinski definition) is 4. The van der Waals surface area contributed by atoms with Crippen LogP contribution in [0.3, 0.4) is 0 Å². The zero-order chi connectivity index (χ0) is 10.2. The summed E-state index contributed by atoms with van der Waals surface area (Å²) >= 11 is 1.71. The molecule has 3 nitrogen and oxygen atoms in total. The van der Waals surface area contributed by atoms with Crippen LogP contribution in [-0.4, -0.2) is 37.1 Å². The SMILES string of the molecule is CN(C)CCCCNCc1nccs1. The van der Waals surface area contributed by atoms with E-state index in [9.17, 15) is 0 Å². The molecule has 1 aromatic rings. The Morgan fingerprint density at radius 1 is 1.43 bits per heavy atom. The number of hydrogen-bond donors (Lipinski definition) is 1. The van der Waals surface area contributed by atoms with Gasteiger partial charge in [-0.25, -0.2) is 4.98 Å². The second-order valence-electron chi connectivity index (χ2n) is 3.61. The molecular weight excluding hydrogens is 194 g/mol. The molecule has 1 rings (SSSR count). The predicted molar refractivity (Wildman–Crippen MR) is 61.6 cm³/mol. The number of nitrogens with zero attached hydrogens (tertiary/aromatic N) is 2. The lowest BCUT2D eigenvalue weighted by Crippen LogP contribution is -2.17. The minimum absolute atomic E-state index is 0.916. The standard InChI is InChI=1S/C10H19N3S/c1-13(2)7-4-3-5-11-9-10-12-6-8-14-10/h6,8,11H,3-5,7,9H2,1-2H3. The van der Waals surface area contributed by atoms with Gasteiger partial charge in [0.05, 0.1) is 0 Å². The third-order valence-corrected chi connectivity index (χ3v) is 2.75. The summed E-state index contributed by atoms with van der Waals surface area (Å²) in [4.78, 5) is 6.43. The van der Waals surface area contributed by atoms with Crippen LogP contribution in [0, 0.1) is 0 Å². The molecule has 14 heavy (non-hydrogen) atoms. The molecule has 0 saturated heterocycles. The van der Waals surface area contributed by atoms with Gasteiger partial charge < -0.3 is 10.2 Å². The van der Waals surface area contributed by atoms with Gasteiger partial charge in [0.15, 0.2) is 0 Å². The predicted octanol–water partition coefficient (Wildman–Crippen LogP) is 1.57. The van der Waals surface area contributed by atoms with E-state index in [-0.39, 0.29) is 0 Å². The highest BCUT2D eigenvalue weighted by Crippen LogP contribution is 2.02. The fourth-order valence-electron chi connectivity index (χ4n) is 1.21. The maximum atomic E-state index is 4.21. The van der Waals surface area contributed by atoms with E-state index in [2.05, 4.69) is 29.3 Å². The summed E-state index contributed by atoms with van der Waals surface area (Å²) in [6, 6.07) is 0. The van der Waals surface area contributed by atoms with E-state index >= 15 is 0 Å². The Hall–Kier alpha value is -0.450. The monoisotopic (exact) mass is 213 g/mol. The molecule has 0 spiro atoms. The van der Waals surface area contributed by atoms with Crippen LogP contribution in [0.15, 0.2) is 11.6 Å². The first kappa shape index (κ1) is 11.6. The van der Waals surface area contributed by atoms with Gasteiger partial charge in [-0.1, -0.05) is 0 Å². The summed E-state index contributed by atoms with van der Waals surface area (Å²) < 4.78 is 0. The van der Waals surface area contributed by atoms with Gasteiger partial charge in [-0.05, 0) is 40.0 Å². The molecule has 0 unspecified atom stereocenters. The molecule has 0 aromatic carbocycles. The second kappa shape index (κ2) is 6.92. The van der Waals surface area contributed by atoms with Gasteiger partial charge in [-0.3, -0.25) is 0 Å². The van der Waals surface area contributed by atoms with E-state index in [1.54, 1.807) is 11.3 Å². The van der Waals surface area contributed by atoms with Crippen LogP contribution in [0.4, 0.5) is 0 Å². The van der Waals surface area contributed by atoms with E-state index in [0.717, 1.165) is 13.1 Å². The molecule has 0 aliphatic carbocycles. The van der Waals surface area contributed by atoms with Gasteiger partial charge >= 0.3 is 0 Å². The van der Waals surface area contributed by atoms with Crippen molar-refractivity contribution in [3.8, 4) is 0 Å². The third-order valence-electron chi connectivity index (χ3n) is 1.97. The van der Waals surface area contributed by atoms with E-state index in [1.165, 1.54) is 24.4 Å². The van der Waals surface area contributed by atoms with Crippen molar-refractivity contribution in [2.75, 3.05) is 27.2 Å². The van der Waals surface area contributed by atoms with Gasteiger partial charge in [0.1, 0.15) is 5.01 Å². The average molecular weight is 213 g/mol. The maximum Gasteiger partial charge on any atom is 0.106 e. The first-order chi connectivity index (χ1) is 6.79. The topological polar surface area (TPSA) is 28.2 Å². The van der Waals surface area contributed by atoms with Crippen molar-refractivity contribution in [1.82, 2.24) is 15.2 Å². The number of nitrogens with one attached hydrogen (secondary N) is 1. The van der Waals surface area contributed by atoms with Crippen molar-refractivity contribution in [2.45, 2.75) is 19.4 Å². The lowest BCUT2D eigenvalue weighted by atomic mass is 10.3. The highest BCUT2D eigenvalue weighted by molar-refractivity contribution is 7.09. The Balaban J connectivity index is 1.90. The number of unbranched alkanes of at least 4 members (excludes halogenated alkanes) is 1. The number of rotatable bonds is 7. The van der Waals surface area contributed by atoms with Crippen LogP contribution < -0.4 is 5.32 Å². The largest absolute Gasteiger partial charge is 0.310 e. The molecule has 1 aromatic heterocycles. The molecule has 4 heteroatoms. The molecule has 0 atom stereocenters. The minimum Gasteiger partial charge on any atom is -0.310 e. The summed E-state index contributed by atoms with van der Waals surface area (Å²) in [6.07, 6.45) is 4.36. The molecule has 1 N–H and O–H groups in total. The Morgan fingerprint density at radius 2 is 2.29 bits per heavy atom. The van der Waals surface area contributed by atoms with Crippen LogP contribution in [-0.2, 0) is 6.54 Å². The molecule has 0 fully saturated rings. The normalized spacial score (nSPS) is 11.1. The zero-order valence-electron chi connectivity index (χ0n) is 8.99. The first-order valence-corrected chi connectivity index (χ1v) is 5.91. The molecule has 1 heterocycles. The quantitative estimate of drug-likeness (QED) is 0.697. The second-order valence-corrected chi connectivity index (χ2v) is 4.59. The van der Waals surface area contributed by atoms with Crippen LogP contribution in [0.1, 0.15) is 17.8 Å². The first-order valence-electron chi connectivity index (χ1n) is 5.03. The highest BCUT2D eigenvalue weighted by atomic mass is 32.1. The Labute approximate surface area is 90.2 Å². The van der Waals surface area contributed by atoms with Gasteiger partial charge in [-0.2, -0.15) is 0 Å². The molecule has 0 radical (unpaired) electrons. The van der Waals surface area contributed by atoms with Crippen LogP contribution in [0.2, 0.25) is 0 Å². The third kappa shape index (κ3) is 5.32. The van der Waals surface area contributed by atoms with Gasteiger partial charge in [0.2, 0.25) is 0 Å². The van der Waals surface area contributed by atoms with E-state index in [1.807, 2.05) is 11.6 Å². The van der Waals surface area contributed by atoms with E-state index in [4.69, 9.17) is 0 Å². The van der Waals surface area contributed by atoms with Crippen molar-refractivity contribution in [3.63, 3.8) is 0 Å². The smallest absolute Gasteiger partial charge is 0.106 e. The van der Waals surface area contributed by atoms with Crippen molar-refractivity contribution in [3.05, 3.63) is 16.6 Å². The zero-order valence-corrected chi connectivity index (χ0v) is 9.81. The van der Waals surface area contributed by atoms with Crippen molar-refractivity contribution in [2.24, 2.45) is 0 Å². The lowest BCUT2D eigenvalue weighted by molar-refractivity contribution is 0.391. The molecule has 80 valence electrons. The fourth-order valence-corrected chi connectivity index (χ4v) is 1.80. The number of aromatic nitrogens is 1. The van der Waals surface area contributed by atoms with Crippen LogP contribution in [0.5, 0.6) is 0 Å². The van der Waals surface area contributed by atoms with Crippen molar-refractivity contribution < 1.29 is 0 Å². The van der Waals surface area contributed by atoms with Crippen molar-refractivity contribution in [1.29, 1.82) is 0 Å². The minimum atomic E-state index is 0.916. The molecule has 0 bridgehead atoms. The molecule has 0 aliphatic rings. The van der Waals surface area contributed by atoms with Crippen molar-refractivity contribution >= 4 is 11.3 Å². The molecule has 0 aliphatic heterocycles. The summed E-state index contributed by atoms with van der Waals surface area (Å²) in [5.41, 5.74) is 0. The van der Waals surface area contributed by atoms with E-state index in [0.29, 0.717) is 0 Å². The average Bonchev–Trinajstić information content (AvgIpc) is 2.63. The summed E-state index contributed by atoms with van der Waals surface area (Å²) in [5.74, 6) is 0. The van der Waals surface area contributed by atoms with E-state index < -0.39 is 0 Å². The van der Waals surface area contributed by atoms with Crippen LogP contribution in [0.25, 0.3) is 0 Å². The maximum absolute atomic E-state index is 4.21. The highest BCUT2D eigenvalue weighted by Gasteiger charge is 1.94. The Bertz CT molecular complexity index is 221. The summed E-state index contributed by atoms with van der Waals surface area (Å²) in [7, 11) is 4.23. The van der Waals surface area contributed by atoms with Crippen LogP contribution >= 0.6 is 11.3 Å². The Kier molecular flexibility index (Phi) is 5.75. The lowest BCUT2D eigenvalue weighted by Gasteiger charge is -2.08. The van der Waals surface area contributed by atoms with Gasteiger partial charge in [-0.15, -0.1) is 11.3 Å². The summed E-state index contributed by atoms with van der Waals surface area (Å²) in [6.45, 7) is 3.19. The molecule has 0 saturated carbocycles.